The van der Waals surface area contributed by atoms with Gasteiger partial charge in [0.15, 0.2) is 0 Å². The molecule has 0 spiro atoms. The summed E-state index contributed by atoms with van der Waals surface area (Å²) in [6, 6.07) is 5.88. The molecule has 1 aromatic carbocycles. The van der Waals surface area contributed by atoms with Crippen LogP contribution in [0.1, 0.15) is 6.92 Å². The molecule has 0 atom stereocenters. The van der Waals surface area contributed by atoms with Gasteiger partial charge >= 0.3 is 5.97 Å². The molecular formula is C14H18N4O5. The number of non-ortho nitro benzene ring substituents is 1. The highest BCUT2D eigenvalue weighted by atomic mass is 16.6. The molecule has 9 heteroatoms. The second-order valence-corrected chi connectivity index (χ2v) is 4.67. The number of amidine groups is 1. The summed E-state index contributed by atoms with van der Waals surface area (Å²) in [4.78, 5) is 24.1. The number of hydrazone groups is 1. The minimum atomic E-state index is -0.549. The molecule has 0 aromatic heterocycles. The van der Waals surface area contributed by atoms with Gasteiger partial charge in [0.2, 0.25) is 5.84 Å². The zero-order valence-electron chi connectivity index (χ0n) is 12.7. The van der Waals surface area contributed by atoms with Crippen molar-refractivity contribution in [3.05, 3.63) is 34.4 Å². The smallest absolute Gasteiger partial charge is 0.375 e. The Balaban J connectivity index is 2.17. The van der Waals surface area contributed by atoms with E-state index in [9.17, 15) is 14.9 Å². The van der Waals surface area contributed by atoms with Crippen molar-refractivity contribution in [3.8, 4) is 0 Å². The first kappa shape index (κ1) is 16.7. The molecular weight excluding hydrogens is 304 g/mol. The molecule has 1 aliphatic heterocycles. The lowest BCUT2D eigenvalue weighted by Crippen LogP contribution is -2.45. The predicted molar refractivity (Wildman–Crippen MR) is 83.2 cm³/mol. The highest BCUT2D eigenvalue weighted by Gasteiger charge is 2.23. The Hall–Kier alpha value is -2.68. The second-order valence-electron chi connectivity index (χ2n) is 4.67. The fraction of sp³-hybridized carbons (Fsp3) is 0.429. The third-order valence-electron chi connectivity index (χ3n) is 3.12. The van der Waals surface area contributed by atoms with Crippen LogP contribution in [0.25, 0.3) is 0 Å². The zero-order chi connectivity index (χ0) is 16.7. The number of anilines is 1. The lowest BCUT2D eigenvalue weighted by atomic mass is 10.3. The topological polar surface area (TPSA) is 106 Å². The van der Waals surface area contributed by atoms with Crippen molar-refractivity contribution in [2.45, 2.75) is 6.92 Å². The van der Waals surface area contributed by atoms with Crippen LogP contribution in [-0.4, -0.2) is 54.5 Å². The van der Waals surface area contributed by atoms with E-state index in [0.717, 1.165) is 0 Å². The molecule has 124 valence electrons. The summed E-state index contributed by atoms with van der Waals surface area (Å²) in [6.07, 6.45) is 0. The first-order valence-electron chi connectivity index (χ1n) is 7.19. The van der Waals surface area contributed by atoms with Gasteiger partial charge in [0, 0.05) is 25.2 Å². The Kier molecular flexibility index (Phi) is 5.87. The van der Waals surface area contributed by atoms with Gasteiger partial charge in [0.25, 0.3) is 5.69 Å². The number of nitrogens with one attached hydrogen (secondary N) is 1. The zero-order valence-corrected chi connectivity index (χ0v) is 12.7. The molecule has 0 radical (unpaired) electrons. The predicted octanol–water partition coefficient (Wildman–Crippen LogP) is 1.22. The van der Waals surface area contributed by atoms with Crippen molar-refractivity contribution < 1.29 is 19.2 Å². The molecule has 2 rings (SSSR count). The van der Waals surface area contributed by atoms with Crippen molar-refractivity contribution in [1.29, 1.82) is 0 Å². The third-order valence-corrected chi connectivity index (χ3v) is 3.12. The molecule has 0 aliphatic carbocycles. The second kappa shape index (κ2) is 8.08. The van der Waals surface area contributed by atoms with Crippen LogP contribution in [0.2, 0.25) is 0 Å². The molecule has 1 fully saturated rings. The van der Waals surface area contributed by atoms with Crippen molar-refractivity contribution in [3.63, 3.8) is 0 Å². The standard InChI is InChI=1S/C14H18N4O5/c1-2-23-14(19)13(17-6-8-22-9-7-17)16-15-11-4-3-5-12(10-11)18(20)21/h3-5,10,15H,2,6-9H2,1H3/b16-13-. The first-order valence-corrected chi connectivity index (χ1v) is 7.19. The molecule has 0 unspecified atom stereocenters. The highest BCUT2D eigenvalue weighted by Crippen LogP contribution is 2.17. The molecule has 9 nitrogen and oxygen atoms in total. The van der Waals surface area contributed by atoms with E-state index in [0.29, 0.717) is 32.0 Å². The van der Waals surface area contributed by atoms with Gasteiger partial charge in [-0.1, -0.05) is 6.07 Å². The Labute approximate surface area is 133 Å². The number of hydrogen-bond acceptors (Lipinski definition) is 7. The fourth-order valence-corrected chi connectivity index (χ4v) is 2.02. The van der Waals surface area contributed by atoms with Crippen LogP contribution in [0.4, 0.5) is 11.4 Å². The number of nitro benzene ring substituents is 1. The van der Waals surface area contributed by atoms with E-state index in [1.165, 1.54) is 18.2 Å². The van der Waals surface area contributed by atoms with Crippen LogP contribution in [0.3, 0.4) is 0 Å². The Morgan fingerprint density at radius 1 is 1.48 bits per heavy atom. The maximum absolute atomic E-state index is 12.1. The van der Waals surface area contributed by atoms with Gasteiger partial charge in [-0.3, -0.25) is 15.5 Å². The van der Waals surface area contributed by atoms with Gasteiger partial charge < -0.3 is 14.4 Å². The number of carbonyl (C=O) groups excluding carboxylic acids is 1. The third kappa shape index (κ3) is 4.65. The van der Waals surface area contributed by atoms with Crippen molar-refractivity contribution in [2.24, 2.45) is 5.10 Å². The molecule has 1 saturated heterocycles. The van der Waals surface area contributed by atoms with Gasteiger partial charge in [-0.05, 0) is 13.0 Å². The molecule has 1 N–H and O–H groups in total. The monoisotopic (exact) mass is 322 g/mol. The number of nitrogens with zero attached hydrogens (tertiary/aromatic N) is 3. The van der Waals surface area contributed by atoms with Crippen LogP contribution in [-0.2, 0) is 14.3 Å². The largest absolute Gasteiger partial charge is 0.460 e. The van der Waals surface area contributed by atoms with Crippen LogP contribution in [0.5, 0.6) is 0 Å². The molecule has 0 amide bonds. The van der Waals surface area contributed by atoms with Gasteiger partial charge in [-0.15, -0.1) is 5.10 Å². The van der Waals surface area contributed by atoms with Crippen LogP contribution in [0.15, 0.2) is 29.4 Å². The summed E-state index contributed by atoms with van der Waals surface area (Å²) >= 11 is 0. The molecule has 23 heavy (non-hydrogen) atoms. The Bertz CT molecular complexity index is 599. The average Bonchev–Trinajstić information content (AvgIpc) is 2.56. The van der Waals surface area contributed by atoms with Gasteiger partial charge in [-0.25, -0.2) is 4.79 Å². The van der Waals surface area contributed by atoms with E-state index in [1.54, 1.807) is 17.9 Å². The van der Waals surface area contributed by atoms with Crippen molar-refractivity contribution in [1.82, 2.24) is 4.90 Å². The van der Waals surface area contributed by atoms with Crippen LogP contribution < -0.4 is 5.43 Å². The fourth-order valence-electron chi connectivity index (χ4n) is 2.02. The van der Waals surface area contributed by atoms with E-state index < -0.39 is 10.9 Å². The quantitative estimate of drug-likeness (QED) is 0.292. The number of nitro groups is 1. The van der Waals surface area contributed by atoms with Crippen LogP contribution in [0, 0.1) is 10.1 Å². The van der Waals surface area contributed by atoms with E-state index in [2.05, 4.69) is 10.5 Å². The Morgan fingerprint density at radius 3 is 2.87 bits per heavy atom. The highest BCUT2D eigenvalue weighted by molar-refractivity contribution is 6.35. The lowest BCUT2D eigenvalue weighted by Gasteiger charge is -2.28. The molecule has 1 aliphatic rings. The number of carbonyl (C=O) groups is 1. The lowest BCUT2D eigenvalue weighted by molar-refractivity contribution is -0.384. The minimum absolute atomic E-state index is 0.0609. The maximum atomic E-state index is 12.1. The summed E-state index contributed by atoms with van der Waals surface area (Å²) in [5.74, 6) is -0.422. The summed E-state index contributed by atoms with van der Waals surface area (Å²) in [5, 5.41) is 14.9. The van der Waals surface area contributed by atoms with E-state index in [-0.39, 0.29) is 18.1 Å². The number of rotatable bonds is 4. The van der Waals surface area contributed by atoms with Crippen molar-refractivity contribution in [2.75, 3.05) is 38.3 Å². The average molecular weight is 322 g/mol. The molecule has 0 bridgehead atoms. The van der Waals surface area contributed by atoms with Gasteiger partial charge in [0.05, 0.1) is 30.4 Å². The number of morpholine rings is 1. The normalized spacial score (nSPS) is 15.2. The molecule has 1 aromatic rings. The summed E-state index contributed by atoms with van der Waals surface area (Å²) in [6.45, 7) is 3.98. The number of benzene rings is 1. The molecule has 1 heterocycles. The van der Waals surface area contributed by atoms with E-state index in [4.69, 9.17) is 9.47 Å². The number of hydrogen-bond donors (Lipinski definition) is 1. The van der Waals surface area contributed by atoms with Gasteiger partial charge in [-0.2, -0.15) is 0 Å². The van der Waals surface area contributed by atoms with Crippen LogP contribution >= 0.6 is 0 Å². The summed E-state index contributed by atoms with van der Waals surface area (Å²) in [5.41, 5.74) is 3.03. The molecule has 0 saturated carbocycles. The van der Waals surface area contributed by atoms with E-state index in [1.807, 2.05) is 0 Å². The summed E-state index contributed by atoms with van der Waals surface area (Å²) in [7, 11) is 0. The maximum Gasteiger partial charge on any atom is 0.375 e. The number of ether oxygens (including phenoxy) is 2. The van der Waals surface area contributed by atoms with E-state index >= 15 is 0 Å². The van der Waals surface area contributed by atoms with Gasteiger partial charge in [0.1, 0.15) is 0 Å². The number of esters is 1. The Morgan fingerprint density at radius 2 is 2.22 bits per heavy atom. The minimum Gasteiger partial charge on any atom is -0.460 e. The summed E-state index contributed by atoms with van der Waals surface area (Å²) < 4.78 is 10.3. The van der Waals surface area contributed by atoms with Crippen molar-refractivity contribution >= 4 is 23.2 Å². The first-order chi connectivity index (χ1) is 11.1. The SMILES string of the molecule is CCOC(=O)/C(=N/Nc1cccc([N+](=O)[O-])c1)N1CCOCC1.